The van der Waals surface area contributed by atoms with Crippen LogP contribution in [-0.2, 0) is 57.2 Å². The predicted octanol–water partition coefficient (Wildman–Crippen LogP) is 40.8. The molecule has 6 rings (SSSR count). The van der Waals surface area contributed by atoms with E-state index in [9.17, 15) is 0 Å². The van der Waals surface area contributed by atoms with Gasteiger partial charge in [-0.2, -0.15) is 0 Å². The molecular formula is C124H226O12Sn7. The average Bonchev–Trinajstić information content (AvgIpc) is 0.940. The van der Waals surface area contributed by atoms with Crippen molar-refractivity contribution in [3.63, 3.8) is 0 Å². The molecule has 0 N–H and O–H groups in total. The number of hydrogen-bond acceptors (Lipinski definition) is 12. The van der Waals surface area contributed by atoms with E-state index in [2.05, 4.69) is 266 Å². The van der Waals surface area contributed by atoms with Crippen LogP contribution in [0.15, 0.2) is 182 Å². The molecule has 0 spiro atoms. The van der Waals surface area contributed by atoms with Gasteiger partial charge in [0.25, 0.3) is 0 Å². The van der Waals surface area contributed by atoms with Crippen molar-refractivity contribution in [2.24, 2.45) is 0 Å². The van der Waals surface area contributed by atoms with Crippen LogP contribution in [0.25, 0.3) is 0 Å². The van der Waals surface area contributed by atoms with E-state index in [0.717, 1.165) is 68.5 Å². The Balaban J connectivity index is 0.00000173. The molecule has 143 heavy (non-hydrogen) atoms. The monoisotopic (exact) mass is 2750 g/mol. The van der Waals surface area contributed by atoms with Crippen LogP contribution in [0.3, 0.4) is 0 Å². The first-order valence-corrected chi connectivity index (χ1v) is 103. The van der Waals surface area contributed by atoms with Gasteiger partial charge in [-0.05, 0) is 0 Å². The zero-order valence-corrected chi connectivity index (χ0v) is 117. The summed E-state index contributed by atoms with van der Waals surface area (Å²) in [6, 6.07) is 63.0. The van der Waals surface area contributed by atoms with Crippen molar-refractivity contribution in [3.8, 4) is 11.5 Å². The van der Waals surface area contributed by atoms with Crippen molar-refractivity contribution in [2.75, 3.05) is 40.6 Å². The van der Waals surface area contributed by atoms with Gasteiger partial charge in [0.1, 0.15) is 0 Å². The van der Waals surface area contributed by atoms with Crippen molar-refractivity contribution in [1.29, 1.82) is 0 Å². The van der Waals surface area contributed by atoms with E-state index >= 15 is 0 Å². The van der Waals surface area contributed by atoms with Crippen LogP contribution in [0.4, 0.5) is 0 Å². The van der Waals surface area contributed by atoms with Gasteiger partial charge in [-0.1, -0.05) is 0 Å². The Morgan fingerprint density at radius 3 is 0.601 bits per heavy atom. The Kier molecular flexibility index (Phi) is 104. The Hall–Kier alpha value is 0.111. The summed E-state index contributed by atoms with van der Waals surface area (Å²) in [5.74, 6) is 1.93. The Morgan fingerprint density at radius 2 is 0.371 bits per heavy atom. The van der Waals surface area contributed by atoms with Crippen molar-refractivity contribution in [3.05, 3.63) is 204 Å². The molecule has 0 heterocycles. The molecule has 0 aliphatic carbocycles. The minimum absolute atomic E-state index is 0.149. The first-order chi connectivity index (χ1) is 69.9. The van der Waals surface area contributed by atoms with Crippen LogP contribution in [0.5, 0.6) is 11.5 Å². The van der Waals surface area contributed by atoms with E-state index < -0.39 is 115 Å². The second-order valence-electron chi connectivity index (χ2n) is 40.2. The molecule has 0 saturated carbocycles. The molecule has 0 amide bonds. The van der Waals surface area contributed by atoms with Gasteiger partial charge in [0.15, 0.2) is 0 Å². The first-order valence-electron chi connectivity index (χ1n) is 59.4. The number of para-hydroxylation sites is 2. The normalized spacial score (nSPS) is 11.6. The summed E-state index contributed by atoms with van der Waals surface area (Å²) in [5.41, 5.74) is 5.06. The third kappa shape index (κ3) is 82.3. The third-order valence-electron chi connectivity index (χ3n) is 26.4. The van der Waals surface area contributed by atoms with Gasteiger partial charge in [0, 0.05) is 0 Å². The summed E-state index contributed by atoms with van der Waals surface area (Å²) in [4.78, 5) is 4.39. The van der Waals surface area contributed by atoms with E-state index in [1.165, 1.54) is 344 Å². The molecule has 822 valence electrons. The molecule has 0 aliphatic rings. The van der Waals surface area contributed by atoms with E-state index in [1.807, 2.05) is 50.6 Å². The van der Waals surface area contributed by atoms with Gasteiger partial charge in [0.05, 0.1) is 0 Å². The first kappa shape index (κ1) is 143. The molecule has 0 aliphatic heterocycles. The quantitative estimate of drug-likeness (QED) is 0.0268. The molecule has 12 nitrogen and oxygen atoms in total. The summed E-state index contributed by atoms with van der Waals surface area (Å²) >= 11 is -17.2. The molecule has 0 fully saturated rings. The van der Waals surface area contributed by atoms with E-state index in [1.54, 1.807) is 8.87 Å². The van der Waals surface area contributed by atoms with Gasteiger partial charge in [-0.25, -0.2) is 0 Å². The summed E-state index contributed by atoms with van der Waals surface area (Å²) in [6.07, 6.45) is 62.6. The summed E-state index contributed by atoms with van der Waals surface area (Å²) < 4.78 is 91.4. The van der Waals surface area contributed by atoms with Crippen molar-refractivity contribution < 1.29 is 36.9 Å². The van der Waals surface area contributed by atoms with E-state index in [4.69, 9.17) is 36.9 Å². The fourth-order valence-corrected chi connectivity index (χ4v) is 74.0. The number of benzene rings is 6. The number of hydrogen-bond donors (Lipinski definition) is 0. The third-order valence-corrected chi connectivity index (χ3v) is 86.9. The fourth-order valence-electron chi connectivity index (χ4n) is 16.7. The summed E-state index contributed by atoms with van der Waals surface area (Å²) in [7, 11) is 3.68. The van der Waals surface area contributed by atoms with Crippen LogP contribution >= 0.6 is 0 Å². The second-order valence-corrected chi connectivity index (χ2v) is 103. The summed E-state index contributed by atoms with van der Waals surface area (Å²) in [5, 5.41) is 0. The second kappa shape index (κ2) is 104. The molecule has 6 aromatic rings. The maximum atomic E-state index is 6.99. The van der Waals surface area contributed by atoms with Gasteiger partial charge in [-0.15, -0.1) is 0 Å². The molecular weight excluding hydrogens is 2510 g/mol. The molecule has 0 saturated heterocycles. The molecule has 2 radical (unpaired) electrons. The number of unbranched alkanes of at least 4 members (excludes halogenated alkanes) is 32. The van der Waals surface area contributed by atoms with Crippen molar-refractivity contribution in [2.45, 2.75) is 509 Å². The molecule has 0 unspecified atom stereocenters. The average molecular weight is 2740 g/mol. The Bertz CT molecular complexity index is 3290. The Morgan fingerprint density at radius 1 is 0.182 bits per heavy atom. The van der Waals surface area contributed by atoms with Gasteiger partial charge < -0.3 is 0 Å². The Labute approximate surface area is 927 Å². The molecule has 6 aromatic carbocycles. The fraction of sp³-hybridized carbons (Fsp3) is 0.710. The van der Waals surface area contributed by atoms with Gasteiger partial charge in [-0.3, -0.25) is 0 Å². The van der Waals surface area contributed by atoms with Crippen molar-refractivity contribution >= 4 is 136 Å². The molecule has 0 aromatic heterocycles. The van der Waals surface area contributed by atoms with Crippen LogP contribution in [0.1, 0.15) is 441 Å². The zero-order chi connectivity index (χ0) is 105. The van der Waals surface area contributed by atoms with Crippen LogP contribution in [0.2, 0.25) is 63.1 Å². The van der Waals surface area contributed by atoms with Crippen LogP contribution in [0, 0.1) is 0 Å². The number of rotatable bonds is 86. The SMILES string of the molecule is CCCCCCCCCCC[CH2][Sn]([CH2]CCCCCCCCCCC)([O]Cc1ccccc1)[O]Cc1ccccc1.CCCC[O][Sn]([CH2]CCC)([CH2]CCC)[O]CCCC.CCCC[O][Sn]([CH3])([CH3])[O]CCCC.CCC[CH2][Sn]([CH2]CCC)([O]C)[O]C.CCC[CH2][Sn]([CH2]CCC)([O]Cc1ccccc1)[O]Cc1ccccc1.CCC[CH2][Sn]([CH2]CCC)([O]c1ccccc1)[O]c1ccccc1.CCC[CH2][Sn][CH2]CCC. The molecule has 0 bridgehead atoms. The van der Waals surface area contributed by atoms with Crippen LogP contribution in [-0.4, -0.2) is 177 Å². The standard InChI is InChI=1S/2C12H25.4C7H7O.2C6H6O.4C4H9O.10C4H9.2CH3O.2CH3.7Sn/c2*1-3-5-7-9-11-12-10-8-6-4-2;4*8-6-7-4-2-1-3-5-7;2*7-6-4-2-1-3-5-6;4*1-2-3-4-5;10*1-3-4-2;2*1-2;;;;;;;;;/h2*1,3-12H2,2H3;4*1-5H,6H2;2*1-5,7H;4*2-4H2,1H3;10*1,3-4H2,2H3;2*1H3;2*1H3;;;;;;;/q;;4*-1;;;4*-1;;;;;;;;;;;2*-1;;;;6*+2/p-2. The van der Waals surface area contributed by atoms with Gasteiger partial charge in [0.2, 0.25) is 0 Å². The van der Waals surface area contributed by atoms with E-state index in [0.29, 0.717) is 26.4 Å². The van der Waals surface area contributed by atoms with Gasteiger partial charge >= 0.3 is 938 Å². The maximum absolute atomic E-state index is 6.99. The molecule has 0 atom stereocenters. The molecule has 19 heteroatoms. The zero-order valence-electron chi connectivity index (χ0n) is 96.8. The topological polar surface area (TPSA) is 111 Å². The van der Waals surface area contributed by atoms with Crippen molar-refractivity contribution in [1.82, 2.24) is 0 Å². The minimum atomic E-state index is -3.28. The van der Waals surface area contributed by atoms with Crippen LogP contribution < -0.4 is 6.15 Å². The van der Waals surface area contributed by atoms with E-state index in [-0.39, 0.29) is 21.1 Å². The summed E-state index contributed by atoms with van der Waals surface area (Å²) in [6.45, 7) is 42.5. The predicted molar refractivity (Wildman–Crippen MR) is 639 cm³/mol.